The van der Waals surface area contributed by atoms with Crippen molar-refractivity contribution in [1.82, 2.24) is 5.32 Å². The zero-order valence-corrected chi connectivity index (χ0v) is 15.5. The molecule has 0 saturated heterocycles. The van der Waals surface area contributed by atoms with E-state index in [4.69, 9.17) is 0 Å². The molecule has 136 valence electrons. The lowest BCUT2D eigenvalue weighted by atomic mass is 10.1. The highest BCUT2D eigenvalue weighted by Gasteiger charge is 2.26. The number of hydrogen-bond acceptors (Lipinski definition) is 2. The zero-order valence-electron chi connectivity index (χ0n) is 15.5. The number of benzene rings is 2. The Morgan fingerprint density at radius 1 is 1.08 bits per heavy atom. The Balaban J connectivity index is 1.53. The largest absolute Gasteiger partial charge is 0.352 e. The molecule has 0 atom stereocenters. The molecular weight excluding hydrogens is 324 g/mol. The van der Waals surface area contributed by atoms with Crippen molar-refractivity contribution in [3.8, 4) is 0 Å². The summed E-state index contributed by atoms with van der Waals surface area (Å²) in [6, 6.07) is 16.2. The average Bonchev–Trinajstić information content (AvgIpc) is 3.08. The number of aryl methyl sites for hydroxylation is 1. The van der Waals surface area contributed by atoms with Crippen LogP contribution in [0.5, 0.6) is 0 Å². The summed E-state index contributed by atoms with van der Waals surface area (Å²) in [6.07, 6.45) is 2.12. The molecule has 2 aromatic rings. The van der Waals surface area contributed by atoms with Crippen molar-refractivity contribution in [2.24, 2.45) is 5.92 Å². The van der Waals surface area contributed by atoms with Crippen LogP contribution in [0, 0.1) is 5.92 Å². The van der Waals surface area contributed by atoms with E-state index in [1.807, 2.05) is 61.2 Å². The predicted molar refractivity (Wildman–Crippen MR) is 104 cm³/mol. The first-order chi connectivity index (χ1) is 12.5. The molecule has 0 saturated carbocycles. The number of rotatable bonds is 6. The Morgan fingerprint density at radius 3 is 2.58 bits per heavy atom. The van der Waals surface area contributed by atoms with Gasteiger partial charge in [0.05, 0.1) is 0 Å². The second kappa shape index (κ2) is 8.17. The summed E-state index contributed by atoms with van der Waals surface area (Å²) in [5.74, 6) is 0.237. The monoisotopic (exact) mass is 350 g/mol. The third kappa shape index (κ3) is 4.31. The van der Waals surface area contributed by atoms with E-state index in [-0.39, 0.29) is 17.7 Å². The molecule has 1 aliphatic heterocycles. The lowest BCUT2D eigenvalue weighted by Crippen LogP contribution is -2.32. The van der Waals surface area contributed by atoms with Gasteiger partial charge >= 0.3 is 0 Å². The van der Waals surface area contributed by atoms with E-state index < -0.39 is 0 Å². The van der Waals surface area contributed by atoms with Gasteiger partial charge in [0, 0.05) is 31.1 Å². The minimum absolute atomic E-state index is 0.00419. The van der Waals surface area contributed by atoms with E-state index in [1.165, 1.54) is 11.1 Å². The normalized spacial score (nSPS) is 13.0. The van der Waals surface area contributed by atoms with Gasteiger partial charge in [-0.25, -0.2) is 0 Å². The Labute approximate surface area is 155 Å². The van der Waals surface area contributed by atoms with Crippen molar-refractivity contribution in [2.75, 3.05) is 11.4 Å². The number of carbonyl (C=O) groups is 2. The average molecular weight is 350 g/mol. The first kappa shape index (κ1) is 18.2. The summed E-state index contributed by atoms with van der Waals surface area (Å²) >= 11 is 0. The van der Waals surface area contributed by atoms with Gasteiger partial charge < -0.3 is 10.2 Å². The Morgan fingerprint density at radius 2 is 1.85 bits per heavy atom. The number of hydrogen-bond donors (Lipinski definition) is 1. The van der Waals surface area contributed by atoms with Crippen LogP contribution in [0.3, 0.4) is 0 Å². The summed E-state index contributed by atoms with van der Waals surface area (Å²) in [5.41, 5.74) is 4.46. The highest BCUT2D eigenvalue weighted by molar-refractivity contribution is 5.96. The van der Waals surface area contributed by atoms with Crippen LogP contribution in [-0.2, 0) is 29.0 Å². The molecule has 0 bridgehead atoms. The maximum Gasteiger partial charge on any atom is 0.229 e. The number of nitrogens with zero attached hydrogens (tertiary/aromatic N) is 1. The van der Waals surface area contributed by atoms with Crippen molar-refractivity contribution in [3.05, 3.63) is 65.2 Å². The third-order valence-electron chi connectivity index (χ3n) is 4.77. The van der Waals surface area contributed by atoms with Gasteiger partial charge in [0.25, 0.3) is 0 Å². The lowest BCUT2D eigenvalue weighted by molar-refractivity contribution is -0.122. The van der Waals surface area contributed by atoms with E-state index in [2.05, 4.69) is 11.4 Å². The molecular formula is C22H26N2O2. The second-order valence-corrected chi connectivity index (χ2v) is 7.12. The molecule has 0 unspecified atom stereocenters. The van der Waals surface area contributed by atoms with Crippen LogP contribution in [0.15, 0.2) is 48.5 Å². The molecule has 0 fully saturated rings. The van der Waals surface area contributed by atoms with E-state index >= 15 is 0 Å². The van der Waals surface area contributed by atoms with Crippen molar-refractivity contribution >= 4 is 17.5 Å². The SMILES string of the molecule is CC(C)C(=O)N1CCc2cc(CNC(=O)CCc3ccccc3)ccc21. The molecule has 26 heavy (non-hydrogen) atoms. The second-order valence-electron chi connectivity index (χ2n) is 7.12. The number of anilines is 1. The minimum atomic E-state index is 0.00419. The predicted octanol–water partition coefficient (Wildman–Crippen LogP) is 3.48. The van der Waals surface area contributed by atoms with Gasteiger partial charge in [-0.2, -0.15) is 0 Å². The Hall–Kier alpha value is -2.62. The fraction of sp³-hybridized carbons (Fsp3) is 0.364. The number of amides is 2. The molecule has 0 aliphatic carbocycles. The first-order valence-corrected chi connectivity index (χ1v) is 9.28. The van der Waals surface area contributed by atoms with Crippen LogP contribution in [0.4, 0.5) is 5.69 Å². The summed E-state index contributed by atoms with van der Waals surface area (Å²) in [4.78, 5) is 26.2. The summed E-state index contributed by atoms with van der Waals surface area (Å²) in [5, 5.41) is 2.99. The van der Waals surface area contributed by atoms with Gasteiger partial charge in [-0.3, -0.25) is 9.59 Å². The van der Waals surface area contributed by atoms with Gasteiger partial charge in [-0.05, 0) is 35.6 Å². The lowest BCUT2D eigenvalue weighted by Gasteiger charge is -2.19. The van der Waals surface area contributed by atoms with E-state index in [0.717, 1.165) is 30.6 Å². The molecule has 4 nitrogen and oxygen atoms in total. The van der Waals surface area contributed by atoms with Gasteiger partial charge in [0.1, 0.15) is 0 Å². The van der Waals surface area contributed by atoms with Gasteiger partial charge in [0.15, 0.2) is 0 Å². The van der Waals surface area contributed by atoms with Crippen LogP contribution >= 0.6 is 0 Å². The van der Waals surface area contributed by atoms with Crippen LogP contribution in [0.25, 0.3) is 0 Å². The molecule has 0 spiro atoms. The molecule has 2 aromatic carbocycles. The maximum absolute atomic E-state index is 12.3. The zero-order chi connectivity index (χ0) is 18.5. The Bertz CT molecular complexity index is 784. The molecule has 3 rings (SSSR count). The quantitative estimate of drug-likeness (QED) is 0.867. The molecule has 0 aromatic heterocycles. The molecule has 0 radical (unpaired) electrons. The van der Waals surface area contributed by atoms with E-state index in [1.54, 1.807) is 0 Å². The fourth-order valence-electron chi connectivity index (χ4n) is 3.30. The van der Waals surface area contributed by atoms with Crippen molar-refractivity contribution in [2.45, 2.75) is 39.7 Å². The fourth-order valence-corrected chi connectivity index (χ4v) is 3.30. The van der Waals surface area contributed by atoms with Crippen LogP contribution in [-0.4, -0.2) is 18.4 Å². The van der Waals surface area contributed by atoms with Crippen LogP contribution in [0.2, 0.25) is 0 Å². The Kier molecular flexibility index (Phi) is 5.71. The van der Waals surface area contributed by atoms with Crippen LogP contribution < -0.4 is 10.2 Å². The highest BCUT2D eigenvalue weighted by Crippen LogP contribution is 2.30. The molecule has 1 aliphatic rings. The maximum atomic E-state index is 12.3. The number of fused-ring (bicyclic) bond motifs is 1. The third-order valence-corrected chi connectivity index (χ3v) is 4.77. The standard InChI is InChI=1S/C22H26N2O2/c1-16(2)22(26)24-13-12-19-14-18(8-10-20(19)24)15-23-21(25)11-9-17-6-4-3-5-7-17/h3-8,10,14,16H,9,11-13,15H2,1-2H3,(H,23,25). The summed E-state index contributed by atoms with van der Waals surface area (Å²) in [6.45, 7) is 5.14. The van der Waals surface area contributed by atoms with Gasteiger partial charge in [-0.1, -0.05) is 56.3 Å². The van der Waals surface area contributed by atoms with E-state index in [0.29, 0.717) is 13.0 Å². The van der Waals surface area contributed by atoms with Crippen molar-refractivity contribution in [1.29, 1.82) is 0 Å². The summed E-state index contributed by atoms with van der Waals surface area (Å²) in [7, 11) is 0. The summed E-state index contributed by atoms with van der Waals surface area (Å²) < 4.78 is 0. The highest BCUT2D eigenvalue weighted by atomic mass is 16.2. The van der Waals surface area contributed by atoms with Crippen molar-refractivity contribution in [3.63, 3.8) is 0 Å². The number of carbonyl (C=O) groups excluding carboxylic acids is 2. The van der Waals surface area contributed by atoms with E-state index in [9.17, 15) is 9.59 Å². The topological polar surface area (TPSA) is 49.4 Å². The van der Waals surface area contributed by atoms with Crippen LogP contribution in [0.1, 0.15) is 37.0 Å². The molecule has 4 heteroatoms. The van der Waals surface area contributed by atoms with Gasteiger partial charge in [0.2, 0.25) is 11.8 Å². The molecule has 1 heterocycles. The molecule has 1 N–H and O–H groups in total. The minimum Gasteiger partial charge on any atom is -0.352 e. The van der Waals surface area contributed by atoms with Gasteiger partial charge in [-0.15, -0.1) is 0 Å². The molecule has 2 amide bonds. The smallest absolute Gasteiger partial charge is 0.229 e. The first-order valence-electron chi connectivity index (χ1n) is 9.28. The number of nitrogens with one attached hydrogen (secondary N) is 1. The van der Waals surface area contributed by atoms with Crippen molar-refractivity contribution < 1.29 is 9.59 Å².